The monoisotopic (exact) mass is 267 g/mol. The van der Waals surface area contributed by atoms with Crippen molar-refractivity contribution >= 4 is 5.91 Å². The quantitative estimate of drug-likeness (QED) is 0.770. The van der Waals surface area contributed by atoms with E-state index in [1.807, 2.05) is 32.4 Å². The number of aryl methyl sites for hydroxylation is 2. The predicted molar refractivity (Wildman–Crippen MR) is 75.0 cm³/mol. The first-order valence-corrected chi connectivity index (χ1v) is 6.92. The lowest BCUT2D eigenvalue weighted by Gasteiger charge is -2.15. The Morgan fingerprint density at radius 2 is 2.11 bits per heavy atom. The minimum Gasteiger partial charge on any atom is -0.381 e. The smallest absolute Gasteiger partial charge is 0.222 e. The summed E-state index contributed by atoms with van der Waals surface area (Å²) in [5.74, 6) is 0.0176. The van der Waals surface area contributed by atoms with E-state index in [0.717, 1.165) is 23.5 Å². The Morgan fingerprint density at radius 1 is 1.42 bits per heavy atom. The Balaban J connectivity index is 2.65. The molecule has 0 aliphatic rings. The van der Waals surface area contributed by atoms with E-state index in [9.17, 15) is 4.79 Å². The number of rotatable bonds is 7. The van der Waals surface area contributed by atoms with Gasteiger partial charge in [0, 0.05) is 30.8 Å². The van der Waals surface area contributed by atoms with E-state index in [0.29, 0.717) is 19.6 Å². The number of nitrogens with one attached hydrogen (secondary N) is 1. The van der Waals surface area contributed by atoms with Crippen LogP contribution in [0.5, 0.6) is 0 Å². The van der Waals surface area contributed by atoms with Crippen molar-refractivity contribution in [3.8, 4) is 0 Å². The van der Waals surface area contributed by atoms with Crippen LogP contribution in [0.25, 0.3) is 0 Å². The normalized spacial score (nSPS) is 12.5. The van der Waals surface area contributed by atoms with Crippen LogP contribution in [0.3, 0.4) is 0 Å². The molecular formula is C14H25N3O2. The van der Waals surface area contributed by atoms with Crippen LogP contribution >= 0.6 is 0 Å². The summed E-state index contributed by atoms with van der Waals surface area (Å²) < 4.78 is 7.15. The number of carbonyl (C=O) groups is 1. The fourth-order valence-corrected chi connectivity index (χ4v) is 2.34. The molecule has 0 spiro atoms. The van der Waals surface area contributed by atoms with Crippen LogP contribution in [-0.2, 0) is 16.1 Å². The highest BCUT2D eigenvalue weighted by atomic mass is 16.5. The first-order valence-electron chi connectivity index (χ1n) is 6.92. The van der Waals surface area contributed by atoms with Gasteiger partial charge in [-0.05, 0) is 34.6 Å². The van der Waals surface area contributed by atoms with Gasteiger partial charge in [-0.25, -0.2) is 0 Å². The number of aromatic nitrogens is 2. The highest BCUT2D eigenvalue weighted by Crippen LogP contribution is 2.21. The summed E-state index contributed by atoms with van der Waals surface area (Å²) in [6.45, 7) is 12.0. The molecule has 0 aromatic carbocycles. The molecule has 1 aromatic rings. The fourth-order valence-electron chi connectivity index (χ4n) is 2.34. The highest BCUT2D eigenvalue weighted by molar-refractivity contribution is 5.76. The predicted octanol–water partition coefficient (Wildman–Crippen LogP) is 2.12. The van der Waals surface area contributed by atoms with Crippen LogP contribution in [0.15, 0.2) is 0 Å². The molecule has 0 fully saturated rings. The molecule has 0 bridgehead atoms. The lowest BCUT2D eigenvalue weighted by atomic mass is 10.1. The second-order valence-corrected chi connectivity index (χ2v) is 4.64. The lowest BCUT2D eigenvalue weighted by Crippen LogP contribution is -2.28. The summed E-state index contributed by atoms with van der Waals surface area (Å²) in [5.41, 5.74) is 3.22. The summed E-state index contributed by atoms with van der Waals surface area (Å²) >= 11 is 0. The van der Waals surface area contributed by atoms with Crippen molar-refractivity contribution in [3.05, 3.63) is 17.0 Å². The van der Waals surface area contributed by atoms with Crippen molar-refractivity contribution < 1.29 is 9.53 Å². The molecule has 108 valence electrons. The van der Waals surface area contributed by atoms with Crippen LogP contribution < -0.4 is 5.32 Å². The second-order valence-electron chi connectivity index (χ2n) is 4.64. The van der Waals surface area contributed by atoms with Gasteiger partial charge in [0.15, 0.2) is 0 Å². The third-order valence-electron chi connectivity index (χ3n) is 3.23. The molecule has 0 unspecified atom stereocenters. The van der Waals surface area contributed by atoms with Crippen LogP contribution in [0.1, 0.15) is 50.2 Å². The van der Waals surface area contributed by atoms with Crippen LogP contribution in [-0.4, -0.2) is 28.9 Å². The average molecular weight is 267 g/mol. The van der Waals surface area contributed by atoms with Gasteiger partial charge in [-0.3, -0.25) is 9.48 Å². The molecular weight excluding hydrogens is 242 g/mol. The summed E-state index contributed by atoms with van der Waals surface area (Å²) in [6.07, 6.45) is 0.401. The first kappa shape index (κ1) is 15.7. The van der Waals surface area contributed by atoms with Gasteiger partial charge in [0.2, 0.25) is 5.91 Å². The molecule has 0 saturated heterocycles. The summed E-state index contributed by atoms with van der Waals surface area (Å²) in [5, 5.41) is 7.48. The molecule has 1 N–H and O–H groups in total. The summed E-state index contributed by atoms with van der Waals surface area (Å²) in [4.78, 5) is 11.8. The maximum absolute atomic E-state index is 11.8. The molecule has 0 saturated carbocycles. The SMILES string of the molecule is CCOCCC(=O)N[C@@H](C)c1c(C)nn(CC)c1C. The lowest BCUT2D eigenvalue weighted by molar-refractivity contribution is -0.122. The van der Waals surface area contributed by atoms with Gasteiger partial charge in [-0.15, -0.1) is 0 Å². The summed E-state index contributed by atoms with van der Waals surface area (Å²) in [6, 6.07) is -0.0190. The molecule has 1 rings (SSSR count). The number of hydrogen-bond donors (Lipinski definition) is 1. The van der Waals surface area contributed by atoms with Crippen molar-refractivity contribution in [2.45, 2.75) is 53.6 Å². The van der Waals surface area contributed by atoms with E-state index in [1.54, 1.807) is 0 Å². The van der Waals surface area contributed by atoms with Crippen molar-refractivity contribution in [3.63, 3.8) is 0 Å². The largest absolute Gasteiger partial charge is 0.381 e. The van der Waals surface area contributed by atoms with Gasteiger partial charge < -0.3 is 10.1 Å². The van der Waals surface area contributed by atoms with Crippen LogP contribution in [0, 0.1) is 13.8 Å². The van der Waals surface area contributed by atoms with Crippen molar-refractivity contribution in [2.75, 3.05) is 13.2 Å². The number of ether oxygens (including phenoxy) is 1. The maximum atomic E-state index is 11.8. The molecule has 5 heteroatoms. The molecule has 0 aliphatic heterocycles. The zero-order valence-electron chi connectivity index (χ0n) is 12.6. The summed E-state index contributed by atoms with van der Waals surface area (Å²) in [7, 11) is 0. The Morgan fingerprint density at radius 3 is 2.63 bits per heavy atom. The third-order valence-corrected chi connectivity index (χ3v) is 3.23. The van der Waals surface area contributed by atoms with E-state index in [1.165, 1.54) is 0 Å². The number of amides is 1. The Bertz CT molecular complexity index is 427. The molecule has 1 atom stereocenters. The minimum absolute atomic E-state index is 0.0176. The van der Waals surface area contributed by atoms with Gasteiger partial charge in [0.25, 0.3) is 0 Å². The Kier molecular flexibility index (Phi) is 6.02. The highest BCUT2D eigenvalue weighted by Gasteiger charge is 2.18. The average Bonchev–Trinajstić information content (AvgIpc) is 2.64. The topological polar surface area (TPSA) is 56.1 Å². The van der Waals surface area contributed by atoms with Gasteiger partial charge in [0.05, 0.1) is 18.3 Å². The molecule has 1 amide bonds. The standard InChI is InChI=1S/C14H25N3O2/c1-6-17-12(5)14(11(4)16-17)10(3)15-13(18)8-9-19-7-2/h10H,6-9H2,1-5H3,(H,15,18)/t10-/m0/s1. The first-order chi connectivity index (χ1) is 9.01. The van der Waals surface area contributed by atoms with Gasteiger partial charge in [-0.1, -0.05) is 0 Å². The number of hydrogen-bond acceptors (Lipinski definition) is 3. The molecule has 5 nitrogen and oxygen atoms in total. The number of nitrogens with zero attached hydrogens (tertiary/aromatic N) is 2. The molecule has 1 heterocycles. The minimum atomic E-state index is -0.0190. The van der Waals surface area contributed by atoms with Gasteiger partial charge in [0.1, 0.15) is 0 Å². The molecule has 19 heavy (non-hydrogen) atoms. The third kappa shape index (κ3) is 4.06. The molecule has 0 aliphatic carbocycles. The maximum Gasteiger partial charge on any atom is 0.222 e. The van der Waals surface area contributed by atoms with Crippen molar-refractivity contribution in [2.24, 2.45) is 0 Å². The Labute approximate surface area is 115 Å². The van der Waals surface area contributed by atoms with Crippen LogP contribution in [0.4, 0.5) is 0 Å². The van der Waals surface area contributed by atoms with E-state index in [4.69, 9.17) is 4.74 Å². The van der Waals surface area contributed by atoms with Gasteiger partial charge >= 0.3 is 0 Å². The van der Waals surface area contributed by atoms with Crippen molar-refractivity contribution in [1.82, 2.24) is 15.1 Å². The van der Waals surface area contributed by atoms with E-state index in [2.05, 4.69) is 17.3 Å². The van der Waals surface area contributed by atoms with E-state index >= 15 is 0 Å². The van der Waals surface area contributed by atoms with Gasteiger partial charge in [-0.2, -0.15) is 5.10 Å². The van der Waals surface area contributed by atoms with Crippen LogP contribution in [0.2, 0.25) is 0 Å². The molecule has 1 aromatic heterocycles. The van der Waals surface area contributed by atoms with Crippen molar-refractivity contribution in [1.29, 1.82) is 0 Å². The Hall–Kier alpha value is -1.36. The number of carbonyl (C=O) groups excluding carboxylic acids is 1. The fraction of sp³-hybridized carbons (Fsp3) is 0.714. The second kappa shape index (κ2) is 7.28. The van der Waals surface area contributed by atoms with E-state index in [-0.39, 0.29) is 11.9 Å². The van der Waals surface area contributed by atoms with E-state index < -0.39 is 0 Å². The zero-order valence-corrected chi connectivity index (χ0v) is 12.6. The molecule has 0 radical (unpaired) electrons. The zero-order chi connectivity index (χ0) is 14.4.